The van der Waals surface area contributed by atoms with Crippen molar-refractivity contribution in [2.45, 2.75) is 0 Å². The van der Waals surface area contributed by atoms with Crippen LogP contribution in [-0.4, -0.2) is 29.3 Å². The number of hydrogen-bond acceptors (Lipinski definition) is 7. The summed E-state index contributed by atoms with van der Waals surface area (Å²) in [7, 11) is 0. The lowest BCUT2D eigenvalue weighted by molar-refractivity contribution is 0.878. The Morgan fingerprint density at radius 3 is 2.58 bits per heavy atom. The topological polar surface area (TPSA) is 123 Å². The molecule has 9 nitrogen and oxygen atoms in total. The summed E-state index contributed by atoms with van der Waals surface area (Å²) < 4.78 is 3.68. The Bertz CT molecular complexity index is 1730. The Morgan fingerprint density at radius 1 is 0.944 bits per heavy atom. The van der Waals surface area contributed by atoms with E-state index in [1.807, 2.05) is 71.6 Å². The molecule has 172 valence electrons. The van der Waals surface area contributed by atoms with Crippen molar-refractivity contribution in [2.75, 3.05) is 11.1 Å². The second kappa shape index (κ2) is 8.70. The summed E-state index contributed by atoms with van der Waals surface area (Å²) in [4.78, 5) is 13.6. The van der Waals surface area contributed by atoms with Gasteiger partial charge in [-0.25, -0.2) is 9.67 Å². The third kappa shape index (κ3) is 3.89. The Kier molecular flexibility index (Phi) is 5.09. The molecule has 0 saturated heterocycles. The summed E-state index contributed by atoms with van der Waals surface area (Å²) in [5.41, 5.74) is 11.4. The van der Waals surface area contributed by atoms with E-state index < -0.39 is 0 Å². The third-order valence-corrected chi connectivity index (χ3v) is 5.81. The van der Waals surface area contributed by atoms with Gasteiger partial charge in [0.15, 0.2) is 0 Å². The van der Waals surface area contributed by atoms with Crippen LogP contribution in [0.2, 0.25) is 0 Å². The highest BCUT2D eigenvalue weighted by Gasteiger charge is 2.15. The van der Waals surface area contributed by atoms with Crippen LogP contribution >= 0.6 is 0 Å². The van der Waals surface area contributed by atoms with E-state index in [9.17, 15) is 5.26 Å². The van der Waals surface area contributed by atoms with Crippen molar-refractivity contribution in [2.24, 2.45) is 0 Å². The first-order chi connectivity index (χ1) is 17.7. The highest BCUT2D eigenvalue weighted by atomic mass is 15.3. The first-order valence-electron chi connectivity index (χ1n) is 11.1. The SMILES string of the molecule is N#Cc1ccc2c(ccn2-c2ncc(-c3cnn(-c4ccncc4)c3)c(Nc3ccc(N)cc3)n2)c1. The van der Waals surface area contributed by atoms with Crippen molar-refractivity contribution in [1.82, 2.24) is 29.3 Å². The van der Waals surface area contributed by atoms with E-state index in [0.29, 0.717) is 23.0 Å². The molecule has 4 aromatic heterocycles. The van der Waals surface area contributed by atoms with Crippen molar-refractivity contribution < 1.29 is 0 Å². The van der Waals surface area contributed by atoms with Crippen molar-refractivity contribution >= 4 is 28.1 Å². The number of nitrogen functional groups attached to an aromatic ring is 1. The van der Waals surface area contributed by atoms with E-state index in [1.165, 1.54) is 0 Å². The minimum Gasteiger partial charge on any atom is -0.399 e. The van der Waals surface area contributed by atoms with Crippen molar-refractivity contribution in [3.05, 3.63) is 103 Å². The van der Waals surface area contributed by atoms with Crippen molar-refractivity contribution in [1.29, 1.82) is 5.26 Å². The van der Waals surface area contributed by atoms with Crippen LogP contribution in [0.1, 0.15) is 5.56 Å². The van der Waals surface area contributed by atoms with Gasteiger partial charge in [0, 0.05) is 58.9 Å². The molecule has 0 unspecified atom stereocenters. The van der Waals surface area contributed by atoms with Gasteiger partial charge < -0.3 is 11.1 Å². The molecule has 0 amide bonds. The average molecular weight is 470 g/mol. The maximum absolute atomic E-state index is 9.22. The Labute approximate surface area is 206 Å². The first-order valence-corrected chi connectivity index (χ1v) is 11.1. The molecular formula is C27H19N9. The number of benzene rings is 2. The molecule has 3 N–H and O–H groups in total. The summed E-state index contributed by atoms with van der Waals surface area (Å²) >= 11 is 0. The summed E-state index contributed by atoms with van der Waals surface area (Å²) in [5.74, 6) is 1.12. The second-order valence-corrected chi connectivity index (χ2v) is 8.13. The molecule has 0 radical (unpaired) electrons. The van der Waals surface area contributed by atoms with Gasteiger partial charge in [0.1, 0.15) is 5.82 Å². The molecule has 9 heteroatoms. The third-order valence-electron chi connectivity index (χ3n) is 5.81. The maximum Gasteiger partial charge on any atom is 0.236 e. The molecule has 4 heterocycles. The highest BCUT2D eigenvalue weighted by Crippen LogP contribution is 2.30. The highest BCUT2D eigenvalue weighted by molar-refractivity contribution is 5.83. The van der Waals surface area contributed by atoms with Gasteiger partial charge in [0.05, 0.1) is 29.0 Å². The quantitative estimate of drug-likeness (QED) is 0.345. The van der Waals surface area contributed by atoms with Crippen LogP contribution in [0.5, 0.6) is 0 Å². The zero-order chi connectivity index (χ0) is 24.5. The van der Waals surface area contributed by atoms with Gasteiger partial charge in [-0.05, 0) is 60.7 Å². The number of fused-ring (bicyclic) bond motifs is 1. The standard InChI is InChI=1S/C27H19N9/c28-14-18-1-6-25-19(13-18)9-12-35(25)27-31-16-24(26(34-27)33-22-4-2-21(29)3-5-22)20-15-32-36(17-20)23-7-10-30-11-8-23/h1-13,15-17H,29H2,(H,31,33,34). The van der Waals surface area contributed by atoms with Crippen LogP contribution < -0.4 is 11.1 Å². The largest absolute Gasteiger partial charge is 0.399 e. The molecule has 0 atom stereocenters. The number of anilines is 3. The Hall–Kier alpha value is -5.49. The molecular weight excluding hydrogens is 450 g/mol. The fourth-order valence-electron chi connectivity index (χ4n) is 3.98. The maximum atomic E-state index is 9.22. The first kappa shape index (κ1) is 21.1. The molecule has 0 aliphatic carbocycles. The molecule has 0 aliphatic rings. The summed E-state index contributed by atoms with van der Waals surface area (Å²) in [6.45, 7) is 0. The number of nitrogens with two attached hydrogens (primary N) is 1. The van der Waals surface area contributed by atoms with E-state index in [0.717, 1.165) is 33.4 Å². The zero-order valence-corrected chi connectivity index (χ0v) is 18.9. The number of nitrogens with one attached hydrogen (secondary N) is 1. The predicted molar refractivity (Wildman–Crippen MR) is 138 cm³/mol. The Morgan fingerprint density at radius 2 is 1.78 bits per heavy atom. The average Bonchev–Trinajstić information content (AvgIpc) is 3.58. The predicted octanol–water partition coefficient (Wildman–Crippen LogP) is 4.87. The Balaban J connectivity index is 1.45. The molecule has 0 aliphatic heterocycles. The van der Waals surface area contributed by atoms with Gasteiger partial charge in [-0.3, -0.25) is 9.55 Å². The second-order valence-electron chi connectivity index (χ2n) is 8.13. The van der Waals surface area contributed by atoms with Crippen molar-refractivity contribution in [3.63, 3.8) is 0 Å². The molecule has 6 aromatic rings. The van der Waals surface area contributed by atoms with Crippen LogP contribution in [0.3, 0.4) is 0 Å². The van der Waals surface area contributed by atoms with Gasteiger partial charge >= 0.3 is 0 Å². The number of aromatic nitrogens is 6. The normalized spacial score (nSPS) is 10.9. The monoisotopic (exact) mass is 469 g/mol. The minimum absolute atomic E-state index is 0.498. The van der Waals surface area contributed by atoms with Crippen LogP contribution in [0.15, 0.2) is 97.8 Å². The van der Waals surface area contributed by atoms with Crippen LogP contribution in [0.4, 0.5) is 17.2 Å². The van der Waals surface area contributed by atoms with Gasteiger partial charge in [-0.1, -0.05) is 0 Å². The number of nitrogens with zero attached hydrogens (tertiary/aromatic N) is 7. The fraction of sp³-hybridized carbons (Fsp3) is 0. The molecule has 0 saturated carbocycles. The fourth-order valence-corrected chi connectivity index (χ4v) is 3.98. The van der Waals surface area contributed by atoms with Gasteiger partial charge in [-0.15, -0.1) is 0 Å². The summed E-state index contributed by atoms with van der Waals surface area (Å²) in [6, 6.07) is 20.9. The summed E-state index contributed by atoms with van der Waals surface area (Å²) in [5, 5.41) is 18.1. The number of rotatable bonds is 5. The van der Waals surface area contributed by atoms with E-state index in [-0.39, 0.29) is 0 Å². The lowest BCUT2D eigenvalue weighted by Crippen LogP contribution is -2.05. The van der Waals surface area contributed by atoms with E-state index >= 15 is 0 Å². The van der Waals surface area contributed by atoms with Gasteiger partial charge in [-0.2, -0.15) is 15.3 Å². The smallest absolute Gasteiger partial charge is 0.236 e. The van der Waals surface area contributed by atoms with Crippen LogP contribution in [0, 0.1) is 11.3 Å². The molecule has 0 bridgehead atoms. The molecule has 6 rings (SSSR count). The zero-order valence-electron chi connectivity index (χ0n) is 18.9. The molecule has 0 fully saturated rings. The van der Waals surface area contributed by atoms with Gasteiger partial charge in [0.25, 0.3) is 0 Å². The van der Waals surface area contributed by atoms with E-state index in [2.05, 4.69) is 26.5 Å². The van der Waals surface area contributed by atoms with Gasteiger partial charge in [0.2, 0.25) is 5.95 Å². The number of hydrogen-bond donors (Lipinski definition) is 2. The van der Waals surface area contributed by atoms with Crippen LogP contribution in [0.25, 0.3) is 33.7 Å². The lowest BCUT2D eigenvalue weighted by atomic mass is 10.1. The molecule has 36 heavy (non-hydrogen) atoms. The molecule has 0 spiro atoms. The molecule has 2 aromatic carbocycles. The number of pyridine rings is 1. The van der Waals surface area contributed by atoms with Crippen LogP contribution in [-0.2, 0) is 0 Å². The van der Waals surface area contributed by atoms with E-state index in [1.54, 1.807) is 35.5 Å². The lowest BCUT2D eigenvalue weighted by Gasteiger charge is -2.13. The van der Waals surface area contributed by atoms with E-state index in [4.69, 9.17) is 10.7 Å². The van der Waals surface area contributed by atoms with Crippen molar-refractivity contribution in [3.8, 4) is 28.8 Å². The number of nitriles is 1. The summed E-state index contributed by atoms with van der Waals surface area (Å²) in [6.07, 6.45) is 10.8. The minimum atomic E-state index is 0.498.